The van der Waals surface area contributed by atoms with Crippen LogP contribution in [0.2, 0.25) is 0 Å². The predicted molar refractivity (Wildman–Crippen MR) is 124 cm³/mol. The Kier molecular flexibility index (Phi) is 7.97. The molecule has 0 aliphatic rings. The number of nitrogens with zero attached hydrogens (tertiary/aromatic N) is 1. The van der Waals surface area contributed by atoms with Gasteiger partial charge in [-0.05, 0) is 48.4 Å². The van der Waals surface area contributed by atoms with Gasteiger partial charge in [0.1, 0.15) is 13.0 Å². The minimum Gasteiger partial charge on any atom is -0.493 e. The van der Waals surface area contributed by atoms with E-state index in [0.717, 1.165) is 5.56 Å². The molecule has 3 rings (SSSR count). The number of hydrazone groups is 1. The number of para-hydroxylation sites is 1. The standard InChI is InChI=1S/C25H25N3O4/c1-18-7-6-8-20(13-18)17-32-22-12-11-19(14-23(22)31-2)16-26-28-25(30)15-24(29)27-21-9-4-3-5-10-21/h3-14,16H,15,17H2,1-2H3,(H,27,29)(H,28,30). The van der Waals surface area contributed by atoms with Crippen LogP contribution in [0.4, 0.5) is 5.69 Å². The monoisotopic (exact) mass is 431 g/mol. The Hall–Kier alpha value is -4.13. The molecule has 7 nitrogen and oxygen atoms in total. The van der Waals surface area contributed by atoms with E-state index in [1.165, 1.54) is 11.8 Å². The highest BCUT2D eigenvalue weighted by molar-refractivity contribution is 6.03. The molecule has 32 heavy (non-hydrogen) atoms. The summed E-state index contributed by atoms with van der Waals surface area (Å²) in [6, 6.07) is 22.4. The maximum absolute atomic E-state index is 11.9. The lowest BCUT2D eigenvalue weighted by Crippen LogP contribution is -2.24. The normalized spacial score (nSPS) is 10.6. The van der Waals surface area contributed by atoms with Crippen LogP contribution in [0.25, 0.3) is 0 Å². The summed E-state index contributed by atoms with van der Waals surface area (Å²) in [5.74, 6) is 0.225. The third kappa shape index (κ3) is 6.98. The minimum absolute atomic E-state index is 0.332. The van der Waals surface area contributed by atoms with E-state index < -0.39 is 11.8 Å². The topological polar surface area (TPSA) is 89.0 Å². The lowest BCUT2D eigenvalue weighted by Gasteiger charge is -2.11. The Morgan fingerprint density at radius 3 is 2.50 bits per heavy atom. The number of aryl methyl sites for hydroxylation is 1. The fourth-order valence-corrected chi connectivity index (χ4v) is 2.94. The van der Waals surface area contributed by atoms with Crippen molar-refractivity contribution in [3.63, 3.8) is 0 Å². The second kappa shape index (κ2) is 11.3. The second-order valence-electron chi connectivity index (χ2n) is 7.07. The van der Waals surface area contributed by atoms with Gasteiger partial charge in [0, 0.05) is 5.69 Å². The summed E-state index contributed by atoms with van der Waals surface area (Å²) in [5, 5.41) is 6.56. The molecule has 164 valence electrons. The molecule has 3 aromatic rings. The number of carbonyl (C=O) groups is 2. The van der Waals surface area contributed by atoms with Crippen LogP contribution in [-0.2, 0) is 16.2 Å². The lowest BCUT2D eigenvalue weighted by atomic mass is 10.1. The van der Waals surface area contributed by atoms with E-state index in [1.54, 1.807) is 49.6 Å². The zero-order valence-electron chi connectivity index (χ0n) is 18.0. The van der Waals surface area contributed by atoms with Crippen LogP contribution in [0, 0.1) is 6.92 Å². The van der Waals surface area contributed by atoms with E-state index in [1.807, 2.05) is 31.2 Å². The number of hydrogen-bond acceptors (Lipinski definition) is 5. The van der Waals surface area contributed by atoms with Gasteiger partial charge in [-0.3, -0.25) is 9.59 Å². The summed E-state index contributed by atoms with van der Waals surface area (Å²) in [5.41, 5.74) is 5.92. The van der Waals surface area contributed by atoms with Gasteiger partial charge in [0.25, 0.3) is 0 Å². The Bertz CT molecular complexity index is 1100. The van der Waals surface area contributed by atoms with Crippen molar-refractivity contribution in [3.8, 4) is 11.5 Å². The Morgan fingerprint density at radius 2 is 1.75 bits per heavy atom. The van der Waals surface area contributed by atoms with Gasteiger partial charge < -0.3 is 14.8 Å². The van der Waals surface area contributed by atoms with Crippen LogP contribution in [0.15, 0.2) is 77.9 Å². The number of rotatable bonds is 9. The maximum Gasteiger partial charge on any atom is 0.249 e. The van der Waals surface area contributed by atoms with Crippen molar-refractivity contribution in [1.82, 2.24) is 5.43 Å². The third-order valence-corrected chi connectivity index (χ3v) is 4.45. The first-order chi connectivity index (χ1) is 15.5. The predicted octanol–water partition coefficient (Wildman–Crippen LogP) is 4.06. The number of benzene rings is 3. The van der Waals surface area contributed by atoms with Gasteiger partial charge in [0.2, 0.25) is 11.8 Å². The van der Waals surface area contributed by atoms with Crippen molar-refractivity contribution in [2.75, 3.05) is 12.4 Å². The van der Waals surface area contributed by atoms with Crippen molar-refractivity contribution in [3.05, 3.63) is 89.5 Å². The summed E-state index contributed by atoms with van der Waals surface area (Å²) in [7, 11) is 1.56. The zero-order valence-corrected chi connectivity index (χ0v) is 18.0. The minimum atomic E-state index is -0.514. The highest BCUT2D eigenvalue weighted by atomic mass is 16.5. The van der Waals surface area contributed by atoms with Crippen molar-refractivity contribution >= 4 is 23.7 Å². The number of methoxy groups -OCH3 is 1. The fraction of sp³-hybridized carbons (Fsp3) is 0.160. The van der Waals surface area contributed by atoms with Crippen LogP contribution < -0.4 is 20.2 Å². The molecular formula is C25H25N3O4. The zero-order chi connectivity index (χ0) is 22.8. The average Bonchev–Trinajstić information content (AvgIpc) is 2.78. The molecule has 0 saturated heterocycles. The summed E-state index contributed by atoms with van der Waals surface area (Å²) < 4.78 is 11.3. The van der Waals surface area contributed by atoms with Gasteiger partial charge in [-0.2, -0.15) is 5.10 Å². The van der Waals surface area contributed by atoms with Crippen molar-refractivity contribution in [1.29, 1.82) is 0 Å². The quantitative estimate of drug-likeness (QED) is 0.304. The summed E-state index contributed by atoms with van der Waals surface area (Å²) in [4.78, 5) is 23.8. The molecule has 0 fully saturated rings. The third-order valence-electron chi connectivity index (χ3n) is 4.45. The highest BCUT2D eigenvalue weighted by Gasteiger charge is 2.09. The van der Waals surface area contributed by atoms with Crippen LogP contribution in [0.5, 0.6) is 11.5 Å². The molecule has 0 aromatic heterocycles. The number of nitrogens with one attached hydrogen (secondary N) is 2. The van der Waals surface area contributed by atoms with E-state index in [4.69, 9.17) is 9.47 Å². The number of amides is 2. The van der Waals surface area contributed by atoms with Crippen LogP contribution in [-0.4, -0.2) is 25.1 Å². The van der Waals surface area contributed by atoms with Crippen LogP contribution >= 0.6 is 0 Å². The highest BCUT2D eigenvalue weighted by Crippen LogP contribution is 2.28. The largest absolute Gasteiger partial charge is 0.493 e. The van der Waals surface area contributed by atoms with E-state index in [9.17, 15) is 9.59 Å². The van der Waals surface area contributed by atoms with Crippen LogP contribution in [0.3, 0.4) is 0 Å². The summed E-state index contributed by atoms with van der Waals surface area (Å²) >= 11 is 0. The lowest BCUT2D eigenvalue weighted by molar-refractivity contribution is -0.126. The van der Waals surface area contributed by atoms with E-state index in [2.05, 4.69) is 21.9 Å². The summed E-state index contributed by atoms with van der Waals surface area (Å²) in [6.45, 7) is 2.46. The van der Waals surface area contributed by atoms with Gasteiger partial charge >= 0.3 is 0 Å². The number of carbonyl (C=O) groups excluding carboxylic acids is 2. The van der Waals surface area contributed by atoms with E-state index in [0.29, 0.717) is 29.4 Å². The number of anilines is 1. The van der Waals surface area contributed by atoms with Gasteiger partial charge in [0.05, 0.1) is 13.3 Å². The van der Waals surface area contributed by atoms with Crippen molar-refractivity contribution < 1.29 is 19.1 Å². The average molecular weight is 431 g/mol. The first-order valence-electron chi connectivity index (χ1n) is 10.1. The number of ether oxygens (including phenoxy) is 2. The molecule has 0 atom stereocenters. The van der Waals surface area contributed by atoms with Gasteiger partial charge in [-0.25, -0.2) is 5.43 Å². The summed E-state index contributed by atoms with van der Waals surface area (Å²) in [6.07, 6.45) is 1.14. The molecule has 2 amide bonds. The number of hydrogen-bond donors (Lipinski definition) is 2. The molecular weight excluding hydrogens is 406 g/mol. The van der Waals surface area contributed by atoms with E-state index in [-0.39, 0.29) is 6.42 Å². The SMILES string of the molecule is COc1cc(C=NNC(=O)CC(=O)Nc2ccccc2)ccc1OCc1cccc(C)c1. The molecule has 3 aromatic carbocycles. The molecule has 0 aliphatic heterocycles. The molecule has 0 bridgehead atoms. The molecule has 0 radical (unpaired) electrons. The molecule has 0 aliphatic carbocycles. The molecule has 2 N–H and O–H groups in total. The molecule has 0 heterocycles. The smallest absolute Gasteiger partial charge is 0.249 e. The van der Waals surface area contributed by atoms with Gasteiger partial charge in [0.15, 0.2) is 11.5 Å². The van der Waals surface area contributed by atoms with Crippen molar-refractivity contribution in [2.24, 2.45) is 5.10 Å². The second-order valence-corrected chi connectivity index (χ2v) is 7.07. The maximum atomic E-state index is 11.9. The first-order valence-corrected chi connectivity index (χ1v) is 10.1. The molecule has 0 spiro atoms. The van der Waals surface area contributed by atoms with Gasteiger partial charge in [-0.1, -0.05) is 48.0 Å². The molecule has 0 saturated carbocycles. The first kappa shape index (κ1) is 22.6. The molecule has 7 heteroatoms. The van der Waals surface area contributed by atoms with Gasteiger partial charge in [-0.15, -0.1) is 0 Å². The Balaban J connectivity index is 1.51. The molecule has 0 unspecified atom stereocenters. The van der Waals surface area contributed by atoms with Crippen molar-refractivity contribution in [2.45, 2.75) is 20.0 Å². The van der Waals surface area contributed by atoms with E-state index >= 15 is 0 Å². The van der Waals surface area contributed by atoms with Crippen LogP contribution in [0.1, 0.15) is 23.1 Å². The Labute approximate surface area is 187 Å². The Morgan fingerprint density at radius 1 is 0.938 bits per heavy atom. The fourth-order valence-electron chi connectivity index (χ4n) is 2.94.